The van der Waals surface area contributed by atoms with Crippen LogP contribution in [0, 0.1) is 17.2 Å². The largest absolute Gasteiger partial charge is 0.416 e. The first-order chi connectivity index (χ1) is 17.4. The molecule has 8 nitrogen and oxygen atoms in total. The topological polar surface area (TPSA) is 111 Å². The fraction of sp³-hybridized carbons (Fsp3) is 0.400. The number of nitrogens with zero attached hydrogens (tertiary/aromatic N) is 3. The number of nitriles is 1. The Hall–Kier alpha value is -3.43. The molecular formula is C25H25F3N4O4S. The molecule has 0 bridgehead atoms. The average Bonchev–Trinajstić information content (AvgIpc) is 3.32. The first-order valence-corrected chi connectivity index (χ1v) is 13.1. The number of likely N-dealkylation sites (tertiary alicyclic amines) is 1. The molecule has 2 amide bonds. The number of sulfonamides is 1. The van der Waals surface area contributed by atoms with Gasteiger partial charge in [-0.2, -0.15) is 22.7 Å². The van der Waals surface area contributed by atoms with E-state index in [9.17, 15) is 31.2 Å². The van der Waals surface area contributed by atoms with Gasteiger partial charge in [0, 0.05) is 25.2 Å². The van der Waals surface area contributed by atoms with Gasteiger partial charge in [0.05, 0.1) is 28.5 Å². The molecule has 0 radical (unpaired) electrons. The Kier molecular flexibility index (Phi) is 7.30. The number of benzene rings is 2. The molecule has 2 heterocycles. The normalized spacial score (nSPS) is 19.6. The first kappa shape index (κ1) is 26.6. The van der Waals surface area contributed by atoms with Crippen molar-refractivity contribution in [2.45, 2.75) is 42.9 Å². The zero-order valence-corrected chi connectivity index (χ0v) is 20.7. The van der Waals surface area contributed by atoms with Crippen LogP contribution in [0.5, 0.6) is 0 Å². The zero-order valence-electron chi connectivity index (χ0n) is 19.9. The number of hydrogen-bond donors (Lipinski definition) is 1. The van der Waals surface area contributed by atoms with Crippen molar-refractivity contribution >= 4 is 21.8 Å². The molecule has 0 aromatic heterocycles. The Balaban J connectivity index is 1.45. The van der Waals surface area contributed by atoms with Gasteiger partial charge in [-0.05, 0) is 55.7 Å². The Labute approximate surface area is 212 Å². The minimum Gasteiger partial charge on any atom is -0.348 e. The number of hydrogen-bond acceptors (Lipinski definition) is 5. The van der Waals surface area contributed by atoms with Crippen molar-refractivity contribution in [3.05, 3.63) is 65.2 Å². The van der Waals surface area contributed by atoms with E-state index in [1.165, 1.54) is 45.6 Å². The van der Waals surface area contributed by atoms with Gasteiger partial charge in [0.2, 0.25) is 15.9 Å². The van der Waals surface area contributed by atoms with E-state index >= 15 is 0 Å². The lowest BCUT2D eigenvalue weighted by Gasteiger charge is -2.34. The summed E-state index contributed by atoms with van der Waals surface area (Å²) in [6.07, 6.45) is -3.49. The Morgan fingerprint density at radius 1 is 1.14 bits per heavy atom. The van der Waals surface area contributed by atoms with Crippen molar-refractivity contribution in [3.8, 4) is 6.07 Å². The zero-order chi connectivity index (χ0) is 27.0. The highest BCUT2D eigenvalue weighted by Crippen LogP contribution is 2.30. The van der Waals surface area contributed by atoms with Gasteiger partial charge in [0.25, 0.3) is 5.91 Å². The minimum absolute atomic E-state index is 0.0640. The third-order valence-electron chi connectivity index (χ3n) is 6.66. The molecule has 2 fully saturated rings. The lowest BCUT2D eigenvalue weighted by atomic mass is 10.0. The van der Waals surface area contributed by atoms with Gasteiger partial charge in [-0.15, -0.1) is 0 Å². The molecule has 37 heavy (non-hydrogen) atoms. The number of carbonyl (C=O) groups is 2. The lowest BCUT2D eigenvalue weighted by molar-refractivity contribution is -0.137. The molecule has 12 heteroatoms. The van der Waals surface area contributed by atoms with E-state index in [0.717, 1.165) is 12.1 Å². The fourth-order valence-electron chi connectivity index (χ4n) is 4.46. The molecule has 0 spiro atoms. The summed E-state index contributed by atoms with van der Waals surface area (Å²) in [6, 6.07) is 10.7. The highest BCUT2D eigenvalue weighted by molar-refractivity contribution is 7.89. The monoisotopic (exact) mass is 534 g/mol. The van der Waals surface area contributed by atoms with Crippen molar-refractivity contribution in [3.63, 3.8) is 0 Å². The SMILES string of the molecule is CC(NC(=O)[C@H]1CCCN1C(=O)c1cccc(S(=O)(=O)N2CC(C#N)C2)c1)c1ccc(C(F)(F)F)cc1. The van der Waals surface area contributed by atoms with Crippen LogP contribution in [0.3, 0.4) is 0 Å². The van der Waals surface area contributed by atoms with E-state index in [2.05, 4.69) is 5.32 Å². The third kappa shape index (κ3) is 5.47. The number of carbonyl (C=O) groups excluding carboxylic acids is 2. The number of nitrogens with one attached hydrogen (secondary N) is 1. The molecule has 0 aliphatic carbocycles. The summed E-state index contributed by atoms with van der Waals surface area (Å²) in [7, 11) is -3.85. The number of halogens is 3. The number of alkyl halides is 3. The molecule has 1 unspecified atom stereocenters. The van der Waals surface area contributed by atoms with E-state index in [0.29, 0.717) is 24.9 Å². The summed E-state index contributed by atoms with van der Waals surface area (Å²) >= 11 is 0. The molecule has 2 aliphatic rings. The summed E-state index contributed by atoms with van der Waals surface area (Å²) in [6.45, 7) is 2.14. The fourth-order valence-corrected chi connectivity index (χ4v) is 6.03. The van der Waals surface area contributed by atoms with Crippen LogP contribution in [0.15, 0.2) is 53.4 Å². The van der Waals surface area contributed by atoms with Crippen LogP contribution in [0.2, 0.25) is 0 Å². The number of rotatable bonds is 6. The van der Waals surface area contributed by atoms with Crippen molar-refractivity contribution in [2.24, 2.45) is 5.92 Å². The van der Waals surface area contributed by atoms with Crippen molar-refractivity contribution < 1.29 is 31.2 Å². The van der Waals surface area contributed by atoms with Gasteiger partial charge >= 0.3 is 6.18 Å². The second kappa shape index (κ2) is 10.1. The Morgan fingerprint density at radius 2 is 1.81 bits per heavy atom. The van der Waals surface area contributed by atoms with E-state index in [4.69, 9.17) is 5.26 Å². The molecular weight excluding hydrogens is 509 g/mol. The van der Waals surface area contributed by atoms with E-state index in [-0.39, 0.29) is 29.5 Å². The summed E-state index contributed by atoms with van der Waals surface area (Å²) < 4.78 is 65.3. The van der Waals surface area contributed by atoms with Crippen LogP contribution >= 0.6 is 0 Å². The molecule has 2 saturated heterocycles. The Morgan fingerprint density at radius 3 is 2.43 bits per heavy atom. The van der Waals surface area contributed by atoms with Crippen molar-refractivity contribution in [1.82, 2.24) is 14.5 Å². The van der Waals surface area contributed by atoms with Gasteiger partial charge in [0.15, 0.2) is 0 Å². The quantitative estimate of drug-likeness (QED) is 0.611. The molecule has 2 aromatic carbocycles. The third-order valence-corrected chi connectivity index (χ3v) is 8.49. The molecule has 4 rings (SSSR count). The van der Waals surface area contributed by atoms with E-state index < -0.39 is 45.7 Å². The number of amides is 2. The van der Waals surface area contributed by atoms with Crippen LogP contribution in [0.4, 0.5) is 13.2 Å². The van der Waals surface area contributed by atoms with Crippen LogP contribution in [-0.4, -0.2) is 55.1 Å². The minimum atomic E-state index is -4.46. The molecule has 2 aliphatic heterocycles. The van der Waals surface area contributed by atoms with Crippen LogP contribution in [-0.2, 0) is 21.0 Å². The maximum atomic E-state index is 13.3. The van der Waals surface area contributed by atoms with Crippen LogP contribution < -0.4 is 5.32 Å². The molecule has 0 saturated carbocycles. The predicted molar refractivity (Wildman–Crippen MR) is 126 cm³/mol. The average molecular weight is 535 g/mol. The summed E-state index contributed by atoms with van der Waals surface area (Å²) in [4.78, 5) is 27.6. The highest BCUT2D eigenvalue weighted by Gasteiger charge is 2.38. The predicted octanol–water partition coefficient (Wildman–Crippen LogP) is 3.33. The van der Waals surface area contributed by atoms with Crippen molar-refractivity contribution in [1.29, 1.82) is 5.26 Å². The van der Waals surface area contributed by atoms with Crippen LogP contribution in [0.25, 0.3) is 0 Å². The maximum absolute atomic E-state index is 13.3. The molecule has 2 aromatic rings. The summed E-state index contributed by atoms with van der Waals surface area (Å²) in [5, 5.41) is 11.7. The second-order valence-electron chi connectivity index (χ2n) is 9.18. The van der Waals surface area contributed by atoms with E-state index in [1.54, 1.807) is 6.92 Å². The van der Waals surface area contributed by atoms with Gasteiger partial charge in [-0.3, -0.25) is 9.59 Å². The van der Waals surface area contributed by atoms with Gasteiger partial charge < -0.3 is 10.2 Å². The highest BCUT2D eigenvalue weighted by atomic mass is 32.2. The Bertz CT molecular complexity index is 1330. The summed E-state index contributed by atoms with van der Waals surface area (Å²) in [5.74, 6) is -1.28. The van der Waals surface area contributed by atoms with E-state index in [1.807, 2.05) is 6.07 Å². The second-order valence-corrected chi connectivity index (χ2v) is 11.1. The summed E-state index contributed by atoms with van der Waals surface area (Å²) in [5.41, 5.74) is -0.181. The maximum Gasteiger partial charge on any atom is 0.416 e. The first-order valence-electron chi connectivity index (χ1n) is 11.7. The van der Waals surface area contributed by atoms with Gasteiger partial charge in [-0.25, -0.2) is 8.42 Å². The van der Waals surface area contributed by atoms with Crippen LogP contribution in [0.1, 0.15) is 47.3 Å². The smallest absolute Gasteiger partial charge is 0.348 e. The van der Waals surface area contributed by atoms with Gasteiger partial charge in [0.1, 0.15) is 6.04 Å². The van der Waals surface area contributed by atoms with Gasteiger partial charge in [-0.1, -0.05) is 18.2 Å². The molecule has 2 atom stereocenters. The van der Waals surface area contributed by atoms with Crippen molar-refractivity contribution in [2.75, 3.05) is 19.6 Å². The molecule has 1 N–H and O–H groups in total. The lowest BCUT2D eigenvalue weighted by Crippen LogP contribution is -2.49. The molecule has 196 valence electrons. The standard InChI is InChI=1S/C25H25F3N4O4S/c1-16(18-7-9-20(10-8-18)25(26,27)28)30-23(33)22-6-3-11-32(22)24(34)19-4-2-5-21(12-19)37(35,36)31-14-17(13-29)15-31/h2,4-5,7-10,12,16-17,22H,3,6,11,14-15H2,1H3,(H,30,33)/t16?,22-/m1/s1.